The summed E-state index contributed by atoms with van der Waals surface area (Å²) >= 11 is 1.41. The van der Waals surface area contributed by atoms with Crippen LogP contribution >= 0.6 is 11.5 Å². The molecule has 0 saturated heterocycles. The fraction of sp³-hybridized carbons (Fsp3) is 0.364. The van der Waals surface area contributed by atoms with Crippen LogP contribution in [-0.2, 0) is 0 Å². The van der Waals surface area contributed by atoms with E-state index in [1.54, 1.807) is 0 Å². The molecule has 4 nitrogen and oxygen atoms in total. The van der Waals surface area contributed by atoms with Gasteiger partial charge in [-0.05, 0) is 31.9 Å². The summed E-state index contributed by atoms with van der Waals surface area (Å²) in [6.45, 7) is 1.97. The van der Waals surface area contributed by atoms with Crippen molar-refractivity contribution in [3.05, 3.63) is 23.9 Å². The number of nitrogens with zero attached hydrogens (tertiary/aromatic N) is 3. The average molecular weight is 232 g/mol. The van der Waals surface area contributed by atoms with Crippen molar-refractivity contribution in [2.24, 2.45) is 0 Å². The van der Waals surface area contributed by atoms with Gasteiger partial charge in [0.15, 0.2) is 5.82 Å². The molecule has 1 aliphatic rings. The van der Waals surface area contributed by atoms with E-state index in [-0.39, 0.29) is 0 Å². The van der Waals surface area contributed by atoms with Gasteiger partial charge in [-0.15, -0.1) is 0 Å². The molecule has 0 amide bonds. The second-order valence-corrected chi connectivity index (χ2v) is 4.76. The maximum absolute atomic E-state index is 4.44. The molecule has 1 fully saturated rings. The van der Waals surface area contributed by atoms with Crippen LogP contribution < -0.4 is 5.32 Å². The lowest BCUT2D eigenvalue weighted by Gasteiger charge is -1.96. The first kappa shape index (κ1) is 9.72. The summed E-state index contributed by atoms with van der Waals surface area (Å²) in [7, 11) is 0. The molecule has 2 aromatic heterocycles. The first-order valence-corrected chi connectivity index (χ1v) is 6.13. The monoisotopic (exact) mass is 232 g/mol. The van der Waals surface area contributed by atoms with Gasteiger partial charge in [-0.3, -0.25) is 0 Å². The highest BCUT2D eigenvalue weighted by Gasteiger charge is 2.22. The lowest BCUT2D eigenvalue weighted by atomic mass is 10.3. The third kappa shape index (κ3) is 2.04. The Labute approximate surface area is 97.9 Å². The van der Waals surface area contributed by atoms with Gasteiger partial charge in [0.2, 0.25) is 5.13 Å². The van der Waals surface area contributed by atoms with Crippen molar-refractivity contribution in [3.8, 4) is 11.5 Å². The van der Waals surface area contributed by atoms with Crippen molar-refractivity contribution in [1.29, 1.82) is 0 Å². The average Bonchev–Trinajstić information content (AvgIpc) is 2.94. The predicted octanol–water partition coefficient (Wildman–Crippen LogP) is 2.48. The predicted molar refractivity (Wildman–Crippen MR) is 64.5 cm³/mol. The third-order valence-corrected chi connectivity index (χ3v) is 3.09. The van der Waals surface area contributed by atoms with Crippen molar-refractivity contribution in [2.75, 3.05) is 5.32 Å². The van der Waals surface area contributed by atoms with Gasteiger partial charge in [0.25, 0.3) is 0 Å². The number of hydrogen-bond donors (Lipinski definition) is 1. The molecule has 5 heteroatoms. The minimum atomic E-state index is 0.617. The standard InChI is InChI=1S/C11H12N4S/c1-7-3-2-4-9(12-7)10-14-11(16-15-10)13-8-5-6-8/h2-4,8H,5-6H2,1H3,(H,13,14,15). The summed E-state index contributed by atoms with van der Waals surface area (Å²) in [6, 6.07) is 6.51. The molecule has 2 aromatic rings. The van der Waals surface area contributed by atoms with Crippen molar-refractivity contribution in [2.45, 2.75) is 25.8 Å². The second-order valence-electron chi connectivity index (χ2n) is 4.01. The molecule has 1 N–H and O–H groups in total. The minimum Gasteiger partial charge on any atom is -0.358 e. The van der Waals surface area contributed by atoms with Gasteiger partial charge in [-0.1, -0.05) is 6.07 Å². The SMILES string of the molecule is Cc1cccc(-c2nsc(NC3CC3)n2)n1. The number of hydrogen-bond acceptors (Lipinski definition) is 5. The highest BCUT2D eigenvalue weighted by molar-refractivity contribution is 7.09. The number of anilines is 1. The van der Waals surface area contributed by atoms with E-state index in [2.05, 4.69) is 19.7 Å². The summed E-state index contributed by atoms with van der Waals surface area (Å²) in [4.78, 5) is 8.84. The van der Waals surface area contributed by atoms with Crippen LogP contribution in [-0.4, -0.2) is 20.4 Å². The molecule has 16 heavy (non-hydrogen) atoms. The van der Waals surface area contributed by atoms with Gasteiger partial charge in [-0.25, -0.2) is 4.98 Å². The molecule has 0 radical (unpaired) electrons. The molecule has 0 aromatic carbocycles. The van der Waals surface area contributed by atoms with E-state index < -0.39 is 0 Å². The summed E-state index contributed by atoms with van der Waals surface area (Å²) < 4.78 is 4.31. The van der Waals surface area contributed by atoms with Gasteiger partial charge in [-0.2, -0.15) is 9.36 Å². The molecular weight excluding hydrogens is 220 g/mol. The van der Waals surface area contributed by atoms with Crippen LogP contribution in [0.25, 0.3) is 11.5 Å². The second kappa shape index (κ2) is 3.83. The Bertz CT molecular complexity index is 504. The maximum atomic E-state index is 4.44. The molecule has 3 rings (SSSR count). The molecule has 0 unspecified atom stereocenters. The Kier molecular flexibility index (Phi) is 2.32. The first-order valence-electron chi connectivity index (χ1n) is 5.35. The fourth-order valence-corrected chi connectivity index (χ4v) is 2.11. The first-order chi connectivity index (χ1) is 7.81. The molecule has 2 heterocycles. The highest BCUT2D eigenvalue weighted by Crippen LogP contribution is 2.27. The number of aromatic nitrogens is 3. The summed E-state index contributed by atoms with van der Waals surface area (Å²) in [6.07, 6.45) is 2.50. The van der Waals surface area contributed by atoms with Crippen LogP contribution in [0.15, 0.2) is 18.2 Å². The van der Waals surface area contributed by atoms with Crippen molar-refractivity contribution < 1.29 is 0 Å². The molecule has 1 saturated carbocycles. The Hall–Kier alpha value is -1.49. The lowest BCUT2D eigenvalue weighted by Crippen LogP contribution is -1.99. The number of nitrogens with one attached hydrogen (secondary N) is 1. The van der Waals surface area contributed by atoms with Crippen LogP contribution in [0, 0.1) is 6.92 Å². The van der Waals surface area contributed by atoms with Gasteiger partial charge in [0.1, 0.15) is 5.69 Å². The van der Waals surface area contributed by atoms with E-state index in [0.29, 0.717) is 6.04 Å². The van der Waals surface area contributed by atoms with Gasteiger partial charge in [0.05, 0.1) is 0 Å². The van der Waals surface area contributed by atoms with E-state index in [9.17, 15) is 0 Å². The molecular formula is C11H12N4S. The van der Waals surface area contributed by atoms with Crippen LogP contribution in [0.1, 0.15) is 18.5 Å². The van der Waals surface area contributed by atoms with Crippen LogP contribution in [0.5, 0.6) is 0 Å². The van der Waals surface area contributed by atoms with Crippen molar-refractivity contribution in [3.63, 3.8) is 0 Å². The topological polar surface area (TPSA) is 50.7 Å². The molecule has 0 bridgehead atoms. The molecule has 1 aliphatic carbocycles. The Balaban J connectivity index is 1.85. The Morgan fingerprint density at radius 3 is 2.94 bits per heavy atom. The molecule has 82 valence electrons. The van der Waals surface area contributed by atoms with E-state index in [1.165, 1.54) is 24.4 Å². The zero-order chi connectivity index (χ0) is 11.0. The molecule has 0 aliphatic heterocycles. The zero-order valence-electron chi connectivity index (χ0n) is 8.97. The third-order valence-electron chi connectivity index (χ3n) is 2.45. The Morgan fingerprint density at radius 1 is 1.31 bits per heavy atom. The molecule has 0 spiro atoms. The summed E-state index contributed by atoms with van der Waals surface area (Å²) in [5, 5.41) is 4.24. The van der Waals surface area contributed by atoms with E-state index >= 15 is 0 Å². The van der Waals surface area contributed by atoms with E-state index in [4.69, 9.17) is 0 Å². The lowest BCUT2D eigenvalue weighted by molar-refractivity contribution is 1.12. The van der Waals surface area contributed by atoms with Crippen molar-refractivity contribution >= 4 is 16.7 Å². The van der Waals surface area contributed by atoms with Crippen LogP contribution in [0.4, 0.5) is 5.13 Å². The van der Waals surface area contributed by atoms with E-state index in [1.807, 2.05) is 25.1 Å². The zero-order valence-corrected chi connectivity index (χ0v) is 9.79. The maximum Gasteiger partial charge on any atom is 0.203 e. The van der Waals surface area contributed by atoms with Gasteiger partial charge < -0.3 is 5.32 Å². The van der Waals surface area contributed by atoms with Crippen LogP contribution in [0.2, 0.25) is 0 Å². The minimum absolute atomic E-state index is 0.617. The number of rotatable bonds is 3. The largest absolute Gasteiger partial charge is 0.358 e. The number of aryl methyl sites for hydroxylation is 1. The van der Waals surface area contributed by atoms with Crippen molar-refractivity contribution in [1.82, 2.24) is 14.3 Å². The quantitative estimate of drug-likeness (QED) is 0.883. The van der Waals surface area contributed by atoms with Gasteiger partial charge >= 0.3 is 0 Å². The fourth-order valence-electron chi connectivity index (χ4n) is 1.46. The van der Waals surface area contributed by atoms with Gasteiger partial charge in [0, 0.05) is 23.3 Å². The highest BCUT2D eigenvalue weighted by atomic mass is 32.1. The molecule has 0 atom stereocenters. The summed E-state index contributed by atoms with van der Waals surface area (Å²) in [5.74, 6) is 0.719. The normalized spacial score (nSPS) is 15.1. The smallest absolute Gasteiger partial charge is 0.203 e. The van der Waals surface area contributed by atoms with E-state index in [0.717, 1.165) is 22.3 Å². The summed E-state index contributed by atoms with van der Waals surface area (Å²) in [5.41, 5.74) is 1.84. The number of pyridine rings is 1. The van der Waals surface area contributed by atoms with Crippen LogP contribution in [0.3, 0.4) is 0 Å². The Morgan fingerprint density at radius 2 is 2.19 bits per heavy atom.